The molecule has 1 saturated heterocycles. The highest BCUT2D eigenvalue weighted by molar-refractivity contribution is 5.85. The van der Waals surface area contributed by atoms with Gasteiger partial charge in [-0.25, -0.2) is 4.98 Å². The van der Waals surface area contributed by atoms with Gasteiger partial charge in [0.15, 0.2) is 0 Å². The van der Waals surface area contributed by atoms with E-state index in [1.807, 2.05) is 29.9 Å². The van der Waals surface area contributed by atoms with E-state index in [0.29, 0.717) is 13.1 Å². The van der Waals surface area contributed by atoms with E-state index in [9.17, 15) is 4.79 Å². The van der Waals surface area contributed by atoms with E-state index in [2.05, 4.69) is 25.5 Å². The first-order chi connectivity index (χ1) is 11.2. The molecule has 138 valence electrons. The number of piperazine rings is 1. The van der Waals surface area contributed by atoms with Gasteiger partial charge in [-0.3, -0.25) is 14.7 Å². The minimum absolute atomic E-state index is 0. The van der Waals surface area contributed by atoms with Crippen molar-refractivity contribution in [1.29, 1.82) is 0 Å². The Morgan fingerprint density at radius 3 is 2.92 bits per heavy atom. The van der Waals surface area contributed by atoms with Crippen molar-refractivity contribution in [3.8, 4) is 0 Å². The van der Waals surface area contributed by atoms with Crippen LogP contribution in [-0.4, -0.2) is 51.5 Å². The third-order valence-electron chi connectivity index (χ3n) is 4.07. The van der Waals surface area contributed by atoms with Gasteiger partial charge >= 0.3 is 0 Å². The number of rotatable bonds is 5. The summed E-state index contributed by atoms with van der Waals surface area (Å²) in [6.45, 7) is 3.40. The van der Waals surface area contributed by atoms with Crippen molar-refractivity contribution in [1.82, 2.24) is 30.1 Å². The topological polar surface area (TPSA) is 75.1 Å². The average Bonchev–Trinajstić information content (AvgIpc) is 3.00. The molecular weight excluding hydrogens is 363 g/mol. The standard InChI is InChI=1S/C16H22N6O.2ClH/c1-21-7-6-19-16(21)14-11-18-5-8-22(14)12-15(23)20-10-13-3-2-4-17-9-13;;/h2-4,6-7,9,14,18H,5,8,10-12H2,1H3,(H,20,23);2*1H. The summed E-state index contributed by atoms with van der Waals surface area (Å²) in [4.78, 5) is 22.9. The lowest BCUT2D eigenvalue weighted by molar-refractivity contribution is -0.123. The number of imidazole rings is 1. The molecule has 7 nitrogen and oxygen atoms in total. The molecule has 1 amide bonds. The van der Waals surface area contributed by atoms with Crippen molar-refractivity contribution in [3.05, 3.63) is 48.3 Å². The second-order valence-electron chi connectivity index (χ2n) is 5.72. The van der Waals surface area contributed by atoms with Crippen molar-refractivity contribution in [2.45, 2.75) is 12.6 Å². The number of nitrogens with zero attached hydrogens (tertiary/aromatic N) is 4. The molecule has 0 spiro atoms. The predicted molar refractivity (Wildman–Crippen MR) is 101 cm³/mol. The van der Waals surface area contributed by atoms with Crippen LogP contribution in [-0.2, 0) is 18.4 Å². The molecular formula is C16H24Cl2N6O. The zero-order chi connectivity index (χ0) is 16.1. The van der Waals surface area contributed by atoms with E-state index in [4.69, 9.17) is 0 Å². The molecule has 2 aromatic heterocycles. The van der Waals surface area contributed by atoms with Gasteiger partial charge in [0.1, 0.15) is 5.82 Å². The number of amides is 1. The van der Waals surface area contributed by atoms with E-state index >= 15 is 0 Å². The van der Waals surface area contributed by atoms with Crippen LogP contribution in [0.5, 0.6) is 0 Å². The molecule has 0 aliphatic carbocycles. The first-order valence-electron chi connectivity index (χ1n) is 7.81. The summed E-state index contributed by atoms with van der Waals surface area (Å²) < 4.78 is 2.01. The van der Waals surface area contributed by atoms with Crippen LogP contribution in [0.2, 0.25) is 0 Å². The number of carbonyl (C=O) groups excluding carboxylic acids is 1. The molecule has 3 heterocycles. The maximum atomic E-state index is 12.3. The summed E-state index contributed by atoms with van der Waals surface area (Å²) in [6.07, 6.45) is 7.22. The summed E-state index contributed by atoms with van der Waals surface area (Å²) >= 11 is 0. The summed E-state index contributed by atoms with van der Waals surface area (Å²) in [7, 11) is 1.98. The van der Waals surface area contributed by atoms with Crippen molar-refractivity contribution in [2.75, 3.05) is 26.2 Å². The first-order valence-corrected chi connectivity index (χ1v) is 7.81. The number of hydrogen-bond acceptors (Lipinski definition) is 5. The van der Waals surface area contributed by atoms with Crippen molar-refractivity contribution in [3.63, 3.8) is 0 Å². The van der Waals surface area contributed by atoms with Gasteiger partial charge in [0.2, 0.25) is 5.91 Å². The summed E-state index contributed by atoms with van der Waals surface area (Å²) in [5.74, 6) is 1.01. The van der Waals surface area contributed by atoms with Gasteiger partial charge in [0.05, 0.1) is 12.6 Å². The van der Waals surface area contributed by atoms with E-state index in [1.54, 1.807) is 18.6 Å². The molecule has 0 bridgehead atoms. The Balaban J connectivity index is 0.00000156. The lowest BCUT2D eigenvalue weighted by atomic mass is 10.1. The Hall–Kier alpha value is -1.67. The third-order valence-corrected chi connectivity index (χ3v) is 4.07. The zero-order valence-corrected chi connectivity index (χ0v) is 15.7. The summed E-state index contributed by atoms with van der Waals surface area (Å²) in [5.41, 5.74) is 1.00. The monoisotopic (exact) mass is 386 g/mol. The number of nitrogens with one attached hydrogen (secondary N) is 2. The van der Waals surface area contributed by atoms with Gasteiger partial charge in [-0.15, -0.1) is 24.8 Å². The molecule has 1 aliphatic rings. The van der Waals surface area contributed by atoms with Crippen LogP contribution in [0.1, 0.15) is 17.4 Å². The molecule has 9 heteroatoms. The normalized spacial score (nSPS) is 17.2. The average molecular weight is 387 g/mol. The second-order valence-corrected chi connectivity index (χ2v) is 5.72. The van der Waals surface area contributed by atoms with Crippen molar-refractivity contribution < 1.29 is 4.79 Å². The fourth-order valence-corrected chi connectivity index (χ4v) is 2.83. The smallest absolute Gasteiger partial charge is 0.234 e. The molecule has 0 aromatic carbocycles. The Morgan fingerprint density at radius 1 is 1.40 bits per heavy atom. The molecule has 25 heavy (non-hydrogen) atoms. The highest BCUT2D eigenvalue weighted by atomic mass is 35.5. The molecule has 1 fully saturated rings. The number of aryl methyl sites for hydroxylation is 1. The highest BCUT2D eigenvalue weighted by Gasteiger charge is 2.28. The molecule has 1 atom stereocenters. The summed E-state index contributed by atoms with van der Waals surface area (Å²) in [6, 6.07) is 3.94. The van der Waals surface area contributed by atoms with Crippen LogP contribution in [0.15, 0.2) is 36.9 Å². The van der Waals surface area contributed by atoms with Crippen molar-refractivity contribution in [2.24, 2.45) is 7.05 Å². The van der Waals surface area contributed by atoms with E-state index < -0.39 is 0 Å². The lowest BCUT2D eigenvalue weighted by Gasteiger charge is -2.35. The fourth-order valence-electron chi connectivity index (χ4n) is 2.83. The SMILES string of the molecule is Cl.Cl.Cn1ccnc1C1CNCCN1CC(=O)NCc1cccnc1. The van der Waals surface area contributed by atoms with Crippen LogP contribution < -0.4 is 10.6 Å². The Bertz CT molecular complexity index is 651. The zero-order valence-electron chi connectivity index (χ0n) is 14.1. The molecule has 1 unspecified atom stereocenters. The van der Waals surface area contributed by atoms with E-state index in [0.717, 1.165) is 31.0 Å². The Labute approximate surface area is 160 Å². The highest BCUT2D eigenvalue weighted by Crippen LogP contribution is 2.19. The molecule has 0 radical (unpaired) electrons. The summed E-state index contributed by atoms with van der Waals surface area (Å²) in [5, 5.41) is 6.33. The lowest BCUT2D eigenvalue weighted by Crippen LogP contribution is -2.50. The van der Waals surface area contributed by atoms with Crippen molar-refractivity contribution >= 4 is 30.7 Å². The minimum atomic E-state index is 0. The first kappa shape index (κ1) is 21.4. The van der Waals surface area contributed by atoms with Gasteiger partial charge < -0.3 is 15.2 Å². The molecule has 3 rings (SSSR count). The van der Waals surface area contributed by atoms with Gasteiger partial charge in [-0.2, -0.15) is 0 Å². The second kappa shape index (κ2) is 10.4. The van der Waals surface area contributed by atoms with E-state index in [1.165, 1.54) is 0 Å². The van der Waals surface area contributed by atoms with Gasteiger partial charge in [-0.1, -0.05) is 6.07 Å². The number of pyridine rings is 1. The number of halogens is 2. The Kier molecular flexibility index (Phi) is 8.85. The quantitative estimate of drug-likeness (QED) is 0.798. The van der Waals surface area contributed by atoms with Crippen LogP contribution in [0.4, 0.5) is 0 Å². The van der Waals surface area contributed by atoms with Crippen LogP contribution in [0, 0.1) is 0 Å². The molecule has 2 aromatic rings. The largest absolute Gasteiger partial charge is 0.351 e. The van der Waals surface area contributed by atoms with Crippen LogP contribution in [0.3, 0.4) is 0 Å². The molecule has 1 aliphatic heterocycles. The minimum Gasteiger partial charge on any atom is -0.351 e. The molecule has 2 N–H and O–H groups in total. The number of carbonyl (C=O) groups is 1. The maximum Gasteiger partial charge on any atom is 0.234 e. The number of hydrogen-bond donors (Lipinski definition) is 2. The van der Waals surface area contributed by atoms with E-state index in [-0.39, 0.29) is 36.8 Å². The fraction of sp³-hybridized carbons (Fsp3) is 0.438. The van der Waals surface area contributed by atoms with Crippen LogP contribution >= 0.6 is 24.8 Å². The number of aromatic nitrogens is 3. The molecule has 0 saturated carbocycles. The third kappa shape index (κ3) is 5.67. The van der Waals surface area contributed by atoms with Gasteiger partial charge in [0.25, 0.3) is 0 Å². The Morgan fingerprint density at radius 2 is 2.24 bits per heavy atom. The van der Waals surface area contributed by atoms with Gasteiger partial charge in [-0.05, 0) is 11.6 Å². The van der Waals surface area contributed by atoms with Gasteiger partial charge in [0, 0.05) is 58.0 Å². The maximum absolute atomic E-state index is 12.3. The van der Waals surface area contributed by atoms with Crippen LogP contribution in [0.25, 0.3) is 0 Å². The predicted octanol–water partition coefficient (Wildman–Crippen LogP) is 0.921.